The zero-order valence-corrected chi connectivity index (χ0v) is 14.3. The third kappa shape index (κ3) is 5.35. The molecule has 5 heteroatoms. The molecule has 0 saturated heterocycles. The second-order valence-corrected chi connectivity index (χ2v) is 5.91. The minimum absolute atomic E-state index is 0.144. The molecule has 0 aliphatic rings. The number of halogens is 2. The molecule has 0 heterocycles. The second kappa shape index (κ2) is 8.55. The van der Waals surface area contributed by atoms with Crippen molar-refractivity contribution < 1.29 is 9.47 Å². The fourth-order valence-electron chi connectivity index (χ4n) is 1.74. The fourth-order valence-corrected chi connectivity index (χ4v) is 2.40. The Balaban J connectivity index is 3.01. The van der Waals surface area contributed by atoms with Crippen LogP contribution in [0.15, 0.2) is 28.2 Å². The summed E-state index contributed by atoms with van der Waals surface area (Å²) in [6.45, 7) is 8.43. The molecule has 0 aliphatic heterocycles. The zero-order valence-electron chi connectivity index (χ0n) is 11.9. The van der Waals surface area contributed by atoms with Crippen molar-refractivity contribution in [2.75, 3.05) is 13.2 Å². The monoisotopic (exact) mass is 361 g/mol. The Bertz CT molecular complexity index is 465. The minimum atomic E-state index is 0.144. The van der Waals surface area contributed by atoms with Crippen LogP contribution in [0.3, 0.4) is 0 Å². The smallest absolute Gasteiger partial charge is 0.175 e. The predicted octanol–water partition coefficient (Wildman–Crippen LogP) is 4.26. The van der Waals surface area contributed by atoms with Gasteiger partial charge in [-0.25, -0.2) is 0 Å². The van der Waals surface area contributed by atoms with Crippen molar-refractivity contribution in [3.05, 3.63) is 33.8 Å². The van der Waals surface area contributed by atoms with Gasteiger partial charge in [-0.05, 0) is 53.4 Å². The van der Waals surface area contributed by atoms with Crippen molar-refractivity contribution >= 4 is 27.5 Å². The first-order valence-electron chi connectivity index (χ1n) is 6.64. The second-order valence-electron chi connectivity index (χ2n) is 4.52. The highest BCUT2D eigenvalue weighted by Crippen LogP contribution is 2.37. The predicted molar refractivity (Wildman–Crippen MR) is 87.8 cm³/mol. The maximum Gasteiger partial charge on any atom is 0.175 e. The van der Waals surface area contributed by atoms with Crippen LogP contribution in [-0.2, 0) is 6.42 Å². The Labute approximate surface area is 134 Å². The van der Waals surface area contributed by atoms with Gasteiger partial charge in [0.2, 0.25) is 0 Å². The van der Waals surface area contributed by atoms with Gasteiger partial charge in [-0.3, -0.25) is 0 Å². The van der Waals surface area contributed by atoms with Crippen LogP contribution in [-0.4, -0.2) is 19.3 Å². The molecule has 1 aromatic rings. The molecule has 1 atom stereocenters. The quantitative estimate of drug-likeness (QED) is 0.751. The molecule has 0 saturated carbocycles. The van der Waals surface area contributed by atoms with Crippen molar-refractivity contribution in [3.8, 4) is 11.5 Å². The molecule has 0 fully saturated rings. The van der Waals surface area contributed by atoms with Crippen molar-refractivity contribution in [1.82, 2.24) is 0 Å². The van der Waals surface area contributed by atoms with Gasteiger partial charge >= 0.3 is 0 Å². The van der Waals surface area contributed by atoms with Crippen LogP contribution in [0.25, 0.3) is 0 Å². The Morgan fingerprint density at radius 1 is 1.40 bits per heavy atom. The molecule has 0 bridgehead atoms. The molecular weight excluding hydrogens is 342 g/mol. The van der Waals surface area contributed by atoms with E-state index >= 15 is 0 Å². The highest BCUT2D eigenvalue weighted by atomic mass is 79.9. The number of hydrogen-bond donors (Lipinski definition) is 1. The van der Waals surface area contributed by atoms with Crippen LogP contribution >= 0.6 is 27.5 Å². The lowest BCUT2D eigenvalue weighted by molar-refractivity contribution is 0.294. The van der Waals surface area contributed by atoms with Gasteiger partial charge < -0.3 is 15.2 Å². The van der Waals surface area contributed by atoms with Crippen LogP contribution in [0.1, 0.15) is 25.8 Å². The lowest BCUT2D eigenvalue weighted by Gasteiger charge is -2.16. The summed E-state index contributed by atoms with van der Waals surface area (Å²) in [6.07, 6.45) is 1.74. The molecule has 0 radical (unpaired) electrons. The van der Waals surface area contributed by atoms with Gasteiger partial charge in [-0.2, -0.15) is 0 Å². The maximum atomic E-state index is 6.00. The van der Waals surface area contributed by atoms with E-state index in [4.69, 9.17) is 26.8 Å². The molecule has 112 valence electrons. The maximum absolute atomic E-state index is 6.00. The third-order valence-corrected chi connectivity index (χ3v) is 3.46. The molecule has 0 spiro atoms. The van der Waals surface area contributed by atoms with E-state index in [1.807, 2.05) is 19.1 Å². The molecule has 1 aromatic carbocycles. The van der Waals surface area contributed by atoms with E-state index in [1.54, 1.807) is 0 Å². The van der Waals surface area contributed by atoms with E-state index in [9.17, 15) is 0 Å². The van der Waals surface area contributed by atoms with Crippen molar-refractivity contribution in [1.29, 1.82) is 0 Å². The first-order valence-corrected chi connectivity index (χ1v) is 7.81. The van der Waals surface area contributed by atoms with Crippen LogP contribution in [0.5, 0.6) is 11.5 Å². The SMILES string of the molecule is C=C(Cl)COc1c(Br)cc(CC(N)CC)cc1OCC. The van der Waals surface area contributed by atoms with E-state index in [0.29, 0.717) is 23.1 Å². The van der Waals surface area contributed by atoms with Crippen LogP contribution < -0.4 is 15.2 Å². The summed E-state index contributed by atoms with van der Waals surface area (Å²) < 4.78 is 12.1. The van der Waals surface area contributed by atoms with Crippen molar-refractivity contribution in [2.24, 2.45) is 5.73 Å². The molecule has 0 aliphatic carbocycles. The van der Waals surface area contributed by atoms with E-state index in [1.165, 1.54) is 0 Å². The molecule has 0 amide bonds. The fraction of sp³-hybridized carbons (Fsp3) is 0.467. The summed E-state index contributed by atoms with van der Waals surface area (Å²) >= 11 is 9.25. The van der Waals surface area contributed by atoms with E-state index in [-0.39, 0.29) is 12.6 Å². The highest BCUT2D eigenvalue weighted by molar-refractivity contribution is 9.10. The van der Waals surface area contributed by atoms with Crippen molar-refractivity contribution in [2.45, 2.75) is 32.7 Å². The average Bonchev–Trinajstić information content (AvgIpc) is 2.37. The van der Waals surface area contributed by atoms with Crippen LogP contribution in [0, 0.1) is 0 Å². The molecule has 1 rings (SSSR count). The van der Waals surface area contributed by atoms with Crippen LogP contribution in [0.2, 0.25) is 0 Å². The number of ether oxygens (including phenoxy) is 2. The van der Waals surface area contributed by atoms with E-state index in [0.717, 1.165) is 22.9 Å². The first kappa shape index (κ1) is 17.3. The Hall–Kier alpha value is -0.710. The Morgan fingerprint density at radius 3 is 2.65 bits per heavy atom. The zero-order chi connectivity index (χ0) is 15.1. The summed E-state index contributed by atoms with van der Waals surface area (Å²) in [5, 5.41) is 0.441. The number of rotatable bonds is 8. The first-order chi connectivity index (χ1) is 9.47. The molecule has 3 nitrogen and oxygen atoms in total. The Kier molecular flexibility index (Phi) is 7.41. The standard InChI is InChI=1S/C15H21BrClNO2/c1-4-12(18)6-11-7-13(16)15(20-9-10(3)17)14(8-11)19-5-2/h7-8,12H,3-6,9,18H2,1-2H3. The molecular formula is C15H21BrClNO2. The van der Waals surface area contributed by atoms with E-state index < -0.39 is 0 Å². The molecule has 20 heavy (non-hydrogen) atoms. The van der Waals surface area contributed by atoms with Gasteiger partial charge in [-0.1, -0.05) is 25.1 Å². The largest absolute Gasteiger partial charge is 0.490 e. The number of benzene rings is 1. The topological polar surface area (TPSA) is 44.5 Å². The normalized spacial score (nSPS) is 12.1. The van der Waals surface area contributed by atoms with Crippen molar-refractivity contribution in [3.63, 3.8) is 0 Å². The Morgan fingerprint density at radius 2 is 2.10 bits per heavy atom. The third-order valence-electron chi connectivity index (χ3n) is 2.76. The van der Waals surface area contributed by atoms with Gasteiger partial charge in [0.15, 0.2) is 11.5 Å². The number of hydrogen-bond acceptors (Lipinski definition) is 3. The summed E-state index contributed by atoms with van der Waals surface area (Å²) in [6, 6.07) is 4.12. The van der Waals surface area contributed by atoms with Crippen LogP contribution in [0.4, 0.5) is 0 Å². The summed E-state index contributed by atoms with van der Waals surface area (Å²) in [5.74, 6) is 1.33. The van der Waals surface area contributed by atoms with Gasteiger partial charge in [0, 0.05) is 11.1 Å². The molecule has 1 unspecified atom stereocenters. The summed E-state index contributed by atoms with van der Waals surface area (Å²) in [4.78, 5) is 0. The van der Waals surface area contributed by atoms with Gasteiger partial charge in [0.25, 0.3) is 0 Å². The molecule has 2 N–H and O–H groups in total. The molecule has 0 aromatic heterocycles. The van der Waals surface area contributed by atoms with Gasteiger partial charge in [-0.15, -0.1) is 0 Å². The lowest BCUT2D eigenvalue weighted by Crippen LogP contribution is -2.21. The average molecular weight is 363 g/mol. The van der Waals surface area contributed by atoms with E-state index in [2.05, 4.69) is 29.4 Å². The lowest BCUT2D eigenvalue weighted by atomic mass is 10.0. The summed E-state index contributed by atoms with van der Waals surface area (Å²) in [7, 11) is 0. The summed E-state index contributed by atoms with van der Waals surface area (Å²) in [5.41, 5.74) is 7.12. The number of nitrogens with two attached hydrogens (primary N) is 1. The van der Waals surface area contributed by atoms with Gasteiger partial charge in [0.05, 0.1) is 11.1 Å². The minimum Gasteiger partial charge on any atom is -0.490 e. The highest BCUT2D eigenvalue weighted by Gasteiger charge is 2.14. The van der Waals surface area contributed by atoms with Gasteiger partial charge in [0.1, 0.15) is 6.61 Å².